The van der Waals surface area contributed by atoms with Crippen molar-refractivity contribution in [1.82, 2.24) is 20.8 Å². The molecule has 2 fully saturated rings. The topological polar surface area (TPSA) is 79.1 Å². The highest BCUT2D eigenvalue weighted by Crippen LogP contribution is 2.32. The first-order valence-electron chi connectivity index (χ1n) is 9.09. The largest absolute Gasteiger partial charge is 0.368 e. The van der Waals surface area contributed by atoms with E-state index in [2.05, 4.69) is 56.9 Å². The number of benzene rings is 1. The summed E-state index contributed by atoms with van der Waals surface area (Å²) in [6.45, 7) is 5.14. The average Bonchev–Trinajstić information content (AvgIpc) is 3.12. The maximum absolute atomic E-state index is 5.76. The maximum atomic E-state index is 5.76. The predicted molar refractivity (Wildman–Crippen MR) is 100 cm³/mol. The second-order valence-corrected chi connectivity index (χ2v) is 7.19. The SMILES string of the molecule is Cc1ccc(C2CNNC2C2CCCN(c3ccnc(N)n3)C2)cc1. The van der Waals surface area contributed by atoms with Crippen molar-refractivity contribution in [2.75, 3.05) is 30.3 Å². The van der Waals surface area contributed by atoms with Gasteiger partial charge in [0.05, 0.1) is 0 Å². The summed E-state index contributed by atoms with van der Waals surface area (Å²) in [5.41, 5.74) is 15.4. The van der Waals surface area contributed by atoms with Crippen LogP contribution in [0, 0.1) is 12.8 Å². The number of anilines is 2. The van der Waals surface area contributed by atoms with Gasteiger partial charge in [0, 0.05) is 37.8 Å². The third kappa shape index (κ3) is 3.45. The highest BCUT2D eigenvalue weighted by atomic mass is 15.4. The lowest BCUT2D eigenvalue weighted by Gasteiger charge is -2.38. The van der Waals surface area contributed by atoms with Crippen LogP contribution in [0.4, 0.5) is 11.8 Å². The molecule has 132 valence electrons. The lowest BCUT2D eigenvalue weighted by molar-refractivity contribution is 0.304. The molecule has 2 aromatic rings. The van der Waals surface area contributed by atoms with Gasteiger partial charge in [-0.3, -0.25) is 10.9 Å². The van der Waals surface area contributed by atoms with Crippen molar-refractivity contribution in [3.05, 3.63) is 47.7 Å². The van der Waals surface area contributed by atoms with E-state index in [1.807, 2.05) is 6.07 Å². The Morgan fingerprint density at radius 1 is 1.20 bits per heavy atom. The van der Waals surface area contributed by atoms with Gasteiger partial charge in [0.15, 0.2) is 0 Å². The standard InChI is InChI=1S/C19H26N6/c1-13-4-6-14(7-5-13)16-11-22-24-18(16)15-3-2-10-25(12-15)17-8-9-21-19(20)23-17/h4-9,15-16,18,22,24H,2-3,10-12H2,1H3,(H2,20,21,23). The lowest BCUT2D eigenvalue weighted by Crippen LogP contribution is -2.46. The van der Waals surface area contributed by atoms with E-state index in [1.165, 1.54) is 24.0 Å². The van der Waals surface area contributed by atoms with Gasteiger partial charge in [0.2, 0.25) is 5.95 Å². The Bertz CT molecular complexity index is 716. The van der Waals surface area contributed by atoms with Crippen molar-refractivity contribution >= 4 is 11.8 Å². The number of aryl methyl sites for hydroxylation is 1. The zero-order valence-electron chi connectivity index (χ0n) is 14.7. The Kier molecular flexibility index (Phi) is 4.55. The van der Waals surface area contributed by atoms with Crippen LogP contribution in [0.1, 0.15) is 29.9 Å². The quantitative estimate of drug-likeness (QED) is 0.793. The van der Waals surface area contributed by atoms with Crippen molar-refractivity contribution < 1.29 is 0 Å². The molecule has 6 heteroatoms. The van der Waals surface area contributed by atoms with Gasteiger partial charge in [-0.15, -0.1) is 0 Å². The van der Waals surface area contributed by atoms with Crippen molar-refractivity contribution in [2.45, 2.75) is 31.7 Å². The van der Waals surface area contributed by atoms with Crippen LogP contribution in [-0.4, -0.2) is 35.6 Å². The second kappa shape index (κ2) is 6.98. The molecule has 0 aliphatic carbocycles. The zero-order valence-corrected chi connectivity index (χ0v) is 14.7. The molecule has 3 heterocycles. The lowest BCUT2D eigenvalue weighted by atomic mass is 9.81. The first-order chi connectivity index (χ1) is 12.2. The van der Waals surface area contributed by atoms with E-state index >= 15 is 0 Å². The van der Waals surface area contributed by atoms with Gasteiger partial charge in [-0.25, -0.2) is 4.98 Å². The second-order valence-electron chi connectivity index (χ2n) is 7.19. The summed E-state index contributed by atoms with van der Waals surface area (Å²) in [5, 5.41) is 0. The number of nitrogens with one attached hydrogen (secondary N) is 2. The van der Waals surface area contributed by atoms with Crippen LogP contribution < -0.4 is 21.5 Å². The molecule has 3 unspecified atom stereocenters. The van der Waals surface area contributed by atoms with Crippen LogP contribution in [-0.2, 0) is 0 Å². The van der Waals surface area contributed by atoms with Crippen molar-refractivity contribution in [2.24, 2.45) is 5.92 Å². The number of hydrogen-bond donors (Lipinski definition) is 3. The summed E-state index contributed by atoms with van der Waals surface area (Å²) >= 11 is 0. The molecule has 4 rings (SSSR count). The smallest absolute Gasteiger partial charge is 0.221 e. The number of hydrazine groups is 1. The minimum Gasteiger partial charge on any atom is -0.368 e. The summed E-state index contributed by atoms with van der Waals surface area (Å²) in [4.78, 5) is 10.8. The highest BCUT2D eigenvalue weighted by molar-refractivity contribution is 5.41. The first-order valence-corrected chi connectivity index (χ1v) is 9.09. The molecule has 2 aliphatic heterocycles. The van der Waals surface area contributed by atoms with Gasteiger partial charge in [-0.05, 0) is 37.3 Å². The van der Waals surface area contributed by atoms with E-state index in [0.29, 0.717) is 23.8 Å². The summed E-state index contributed by atoms with van der Waals surface area (Å²) in [7, 11) is 0. The van der Waals surface area contributed by atoms with Crippen LogP contribution >= 0.6 is 0 Å². The highest BCUT2D eigenvalue weighted by Gasteiger charge is 2.36. The van der Waals surface area contributed by atoms with E-state index in [-0.39, 0.29) is 0 Å². The number of rotatable bonds is 3. The van der Waals surface area contributed by atoms with Crippen LogP contribution in [0.3, 0.4) is 0 Å². The molecule has 0 saturated carbocycles. The van der Waals surface area contributed by atoms with E-state index in [4.69, 9.17) is 5.73 Å². The normalized spacial score (nSPS) is 26.8. The van der Waals surface area contributed by atoms with Crippen LogP contribution in [0.2, 0.25) is 0 Å². The van der Waals surface area contributed by atoms with Gasteiger partial charge in [0.25, 0.3) is 0 Å². The fourth-order valence-electron chi connectivity index (χ4n) is 4.15. The number of nitrogen functional groups attached to an aromatic ring is 1. The first kappa shape index (κ1) is 16.3. The summed E-state index contributed by atoms with van der Waals surface area (Å²) in [5.74, 6) is 2.36. The van der Waals surface area contributed by atoms with Gasteiger partial charge < -0.3 is 10.6 Å². The Morgan fingerprint density at radius 2 is 2.04 bits per heavy atom. The Hall–Kier alpha value is -2.18. The van der Waals surface area contributed by atoms with Crippen LogP contribution in [0.15, 0.2) is 36.5 Å². The van der Waals surface area contributed by atoms with E-state index in [9.17, 15) is 0 Å². The van der Waals surface area contributed by atoms with Crippen molar-refractivity contribution in [3.63, 3.8) is 0 Å². The number of nitrogens with two attached hydrogens (primary N) is 1. The molecule has 3 atom stereocenters. The minimum absolute atomic E-state index is 0.345. The molecule has 0 bridgehead atoms. The Balaban J connectivity index is 1.51. The van der Waals surface area contributed by atoms with Gasteiger partial charge in [0.1, 0.15) is 5.82 Å². The van der Waals surface area contributed by atoms with Gasteiger partial charge >= 0.3 is 0 Å². The Morgan fingerprint density at radius 3 is 2.84 bits per heavy atom. The van der Waals surface area contributed by atoms with Crippen LogP contribution in [0.25, 0.3) is 0 Å². The molecule has 0 radical (unpaired) electrons. The minimum atomic E-state index is 0.345. The molecular weight excluding hydrogens is 312 g/mol. The fourth-order valence-corrected chi connectivity index (χ4v) is 4.15. The molecule has 1 aromatic carbocycles. The molecule has 4 N–H and O–H groups in total. The molecule has 1 aromatic heterocycles. The van der Waals surface area contributed by atoms with Crippen molar-refractivity contribution in [1.29, 1.82) is 0 Å². The predicted octanol–water partition coefficient (Wildman–Crippen LogP) is 1.84. The summed E-state index contributed by atoms with van der Waals surface area (Å²) < 4.78 is 0. The summed E-state index contributed by atoms with van der Waals surface area (Å²) in [6, 6.07) is 11.4. The fraction of sp³-hybridized carbons (Fsp3) is 0.474. The molecule has 2 saturated heterocycles. The number of aromatic nitrogens is 2. The molecule has 2 aliphatic rings. The van der Waals surface area contributed by atoms with Gasteiger partial charge in [-0.1, -0.05) is 29.8 Å². The zero-order chi connectivity index (χ0) is 17.2. The molecule has 6 nitrogen and oxygen atoms in total. The van der Waals surface area contributed by atoms with Gasteiger partial charge in [-0.2, -0.15) is 4.98 Å². The molecule has 0 spiro atoms. The molecule has 0 amide bonds. The van der Waals surface area contributed by atoms with E-state index in [1.54, 1.807) is 6.20 Å². The maximum Gasteiger partial charge on any atom is 0.221 e. The van der Waals surface area contributed by atoms with E-state index < -0.39 is 0 Å². The number of piperidine rings is 1. The Labute approximate surface area is 148 Å². The third-order valence-electron chi connectivity index (χ3n) is 5.48. The number of nitrogens with zero attached hydrogens (tertiary/aromatic N) is 3. The van der Waals surface area contributed by atoms with Crippen molar-refractivity contribution in [3.8, 4) is 0 Å². The average molecular weight is 338 g/mol. The molecule has 25 heavy (non-hydrogen) atoms. The van der Waals surface area contributed by atoms with Crippen LogP contribution in [0.5, 0.6) is 0 Å². The third-order valence-corrected chi connectivity index (χ3v) is 5.48. The monoisotopic (exact) mass is 338 g/mol. The summed E-state index contributed by atoms with van der Waals surface area (Å²) in [6.07, 6.45) is 4.15. The molecular formula is C19H26N6. The number of hydrogen-bond acceptors (Lipinski definition) is 6. The van der Waals surface area contributed by atoms with E-state index in [0.717, 1.165) is 25.5 Å².